The van der Waals surface area contributed by atoms with Gasteiger partial charge in [-0.3, -0.25) is 9.59 Å². The average molecular weight is 368 g/mol. The number of para-hydroxylation sites is 1. The van der Waals surface area contributed by atoms with Crippen molar-refractivity contribution in [3.8, 4) is 16.9 Å². The minimum Gasteiger partial charge on any atom is -0.490 e. The lowest BCUT2D eigenvalue weighted by molar-refractivity contribution is -0.122. The number of carbonyl (C=O) groups is 2. The van der Waals surface area contributed by atoms with Crippen molar-refractivity contribution in [2.75, 3.05) is 7.05 Å². The van der Waals surface area contributed by atoms with E-state index in [0.29, 0.717) is 12.0 Å². The standard InChI is InChI=1S/C22H28N2O3/c1-5-8-19(22(26)23-4)24-21(25)17-13-11-16(12-14-17)18-9-6-7-10-20(18)27-15(2)3/h6-7,9-15,19H,5,8H2,1-4H3,(H,23,26)(H,24,25)/t19-/m0/s1. The molecule has 0 heterocycles. The van der Waals surface area contributed by atoms with Crippen LogP contribution in [-0.2, 0) is 4.79 Å². The van der Waals surface area contributed by atoms with Crippen molar-refractivity contribution in [1.82, 2.24) is 10.6 Å². The zero-order valence-corrected chi connectivity index (χ0v) is 16.4. The van der Waals surface area contributed by atoms with E-state index in [0.717, 1.165) is 23.3 Å². The van der Waals surface area contributed by atoms with E-state index < -0.39 is 6.04 Å². The Morgan fingerprint density at radius 2 is 1.70 bits per heavy atom. The summed E-state index contributed by atoms with van der Waals surface area (Å²) in [6.07, 6.45) is 1.49. The highest BCUT2D eigenvalue weighted by Gasteiger charge is 2.19. The topological polar surface area (TPSA) is 67.4 Å². The van der Waals surface area contributed by atoms with Crippen LogP contribution in [0.5, 0.6) is 5.75 Å². The second-order valence-electron chi connectivity index (χ2n) is 6.67. The average Bonchev–Trinajstić information content (AvgIpc) is 2.67. The van der Waals surface area contributed by atoms with Gasteiger partial charge >= 0.3 is 0 Å². The van der Waals surface area contributed by atoms with Crippen LogP contribution in [0.15, 0.2) is 48.5 Å². The first-order valence-electron chi connectivity index (χ1n) is 9.34. The first kappa shape index (κ1) is 20.5. The summed E-state index contributed by atoms with van der Waals surface area (Å²) >= 11 is 0. The molecule has 2 N–H and O–H groups in total. The van der Waals surface area contributed by atoms with E-state index in [9.17, 15) is 9.59 Å². The molecule has 0 aliphatic carbocycles. The molecule has 0 spiro atoms. The van der Waals surface area contributed by atoms with Crippen LogP contribution in [0.3, 0.4) is 0 Å². The third-order valence-electron chi connectivity index (χ3n) is 4.15. The minimum absolute atomic E-state index is 0.0800. The van der Waals surface area contributed by atoms with Gasteiger partial charge in [-0.1, -0.05) is 43.7 Å². The minimum atomic E-state index is -0.521. The van der Waals surface area contributed by atoms with E-state index >= 15 is 0 Å². The van der Waals surface area contributed by atoms with Gasteiger partial charge in [-0.05, 0) is 44.0 Å². The Balaban J connectivity index is 2.17. The fourth-order valence-corrected chi connectivity index (χ4v) is 2.84. The van der Waals surface area contributed by atoms with Crippen LogP contribution >= 0.6 is 0 Å². The smallest absolute Gasteiger partial charge is 0.251 e. The highest BCUT2D eigenvalue weighted by molar-refractivity contribution is 5.97. The van der Waals surface area contributed by atoms with Gasteiger partial charge in [0.05, 0.1) is 6.10 Å². The largest absolute Gasteiger partial charge is 0.490 e. The number of carbonyl (C=O) groups excluding carboxylic acids is 2. The van der Waals surface area contributed by atoms with Gasteiger partial charge < -0.3 is 15.4 Å². The van der Waals surface area contributed by atoms with E-state index in [4.69, 9.17) is 4.74 Å². The molecule has 0 radical (unpaired) electrons. The summed E-state index contributed by atoms with van der Waals surface area (Å²) in [7, 11) is 1.57. The highest BCUT2D eigenvalue weighted by atomic mass is 16.5. The summed E-state index contributed by atoms with van der Waals surface area (Å²) in [4.78, 5) is 24.4. The fourth-order valence-electron chi connectivity index (χ4n) is 2.84. The molecule has 1 atom stereocenters. The van der Waals surface area contributed by atoms with Crippen molar-refractivity contribution in [3.05, 3.63) is 54.1 Å². The molecule has 0 saturated carbocycles. The molecule has 0 fully saturated rings. The number of likely N-dealkylation sites (N-methyl/N-ethyl adjacent to an activating group) is 1. The van der Waals surface area contributed by atoms with Gasteiger partial charge in [0.25, 0.3) is 5.91 Å². The molecule has 5 nitrogen and oxygen atoms in total. The summed E-state index contributed by atoms with van der Waals surface area (Å²) in [6.45, 7) is 5.96. The van der Waals surface area contributed by atoms with E-state index in [1.807, 2.05) is 57.2 Å². The molecular weight excluding hydrogens is 340 g/mol. The Kier molecular flexibility index (Phi) is 7.41. The van der Waals surface area contributed by atoms with Crippen molar-refractivity contribution >= 4 is 11.8 Å². The molecule has 2 aromatic rings. The second-order valence-corrected chi connectivity index (χ2v) is 6.67. The Labute approximate surface area is 161 Å². The Morgan fingerprint density at radius 1 is 1.04 bits per heavy atom. The lowest BCUT2D eigenvalue weighted by atomic mass is 10.0. The van der Waals surface area contributed by atoms with Gasteiger partial charge in [0.1, 0.15) is 11.8 Å². The molecule has 0 unspecified atom stereocenters. The van der Waals surface area contributed by atoms with Gasteiger partial charge in [0.2, 0.25) is 5.91 Å². The van der Waals surface area contributed by atoms with E-state index in [-0.39, 0.29) is 17.9 Å². The first-order valence-corrected chi connectivity index (χ1v) is 9.34. The number of nitrogens with one attached hydrogen (secondary N) is 2. The van der Waals surface area contributed by atoms with Crippen molar-refractivity contribution in [2.45, 2.75) is 45.8 Å². The van der Waals surface area contributed by atoms with Gasteiger partial charge in [-0.2, -0.15) is 0 Å². The van der Waals surface area contributed by atoms with Crippen LogP contribution in [0.2, 0.25) is 0 Å². The van der Waals surface area contributed by atoms with Gasteiger partial charge in [-0.25, -0.2) is 0 Å². The molecule has 5 heteroatoms. The predicted molar refractivity (Wildman–Crippen MR) is 108 cm³/mol. The van der Waals surface area contributed by atoms with Gasteiger partial charge in [-0.15, -0.1) is 0 Å². The van der Waals surface area contributed by atoms with Crippen LogP contribution in [0, 0.1) is 0 Å². The quantitative estimate of drug-likeness (QED) is 0.745. The van der Waals surface area contributed by atoms with Crippen molar-refractivity contribution in [1.29, 1.82) is 0 Å². The fraction of sp³-hybridized carbons (Fsp3) is 0.364. The molecule has 144 valence electrons. The van der Waals surface area contributed by atoms with Crippen molar-refractivity contribution < 1.29 is 14.3 Å². The number of hydrogen-bond donors (Lipinski definition) is 2. The Hall–Kier alpha value is -2.82. The zero-order chi connectivity index (χ0) is 19.8. The molecule has 0 aliphatic heterocycles. The molecule has 2 amide bonds. The number of rotatable bonds is 8. The van der Waals surface area contributed by atoms with Gasteiger partial charge in [0, 0.05) is 18.2 Å². The third-order valence-corrected chi connectivity index (χ3v) is 4.15. The monoisotopic (exact) mass is 368 g/mol. The molecule has 2 rings (SSSR count). The molecule has 0 aliphatic rings. The second kappa shape index (κ2) is 9.76. The maximum Gasteiger partial charge on any atom is 0.251 e. The van der Waals surface area contributed by atoms with Gasteiger partial charge in [0.15, 0.2) is 0 Å². The van der Waals surface area contributed by atoms with Crippen molar-refractivity contribution in [2.24, 2.45) is 0 Å². The molecular formula is C22H28N2O3. The maximum atomic E-state index is 12.5. The molecule has 27 heavy (non-hydrogen) atoms. The molecule has 2 aromatic carbocycles. The number of amides is 2. The molecule has 0 bridgehead atoms. The van der Waals surface area contributed by atoms with Crippen molar-refractivity contribution in [3.63, 3.8) is 0 Å². The summed E-state index contributed by atoms with van der Waals surface area (Å²) in [6, 6.07) is 14.6. The SMILES string of the molecule is CCC[C@H](NC(=O)c1ccc(-c2ccccc2OC(C)C)cc1)C(=O)NC. The third kappa shape index (κ3) is 5.58. The summed E-state index contributed by atoms with van der Waals surface area (Å²) in [5.74, 6) is 0.379. The zero-order valence-electron chi connectivity index (χ0n) is 16.4. The van der Waals surface area contributed by atoms with Crippen LogP contribution in [-0.4, -0.2) is 31.0 Å². The van der Waals surface area contributed by atoms with E-state index in [2.05, 4.69) is 10.6 Å². The van der Waals surface area contributed by atoms with E-state index in [1.54, 1.807) is 19.2 Å². The maximum absolute atomic E-state index is 12.5. The Morgan fingerprint density at radius 3 is 2.30 bits per heavy atom. The number of hydrogen-bond acceptors (Lipinski definition) is 3. The van der Waals surface area contributed by atoms with Crippen LogP contribution in [0.1, 0.15) is 44.0 Å². The summed E-state index contributed by atoms with van der Waals surface area (Å²) < 4.78 is 5.87. The van der Waals surface area contributed by atoms with E-state index in [1.165, 1.54) is 0 Å². The van der Waals surface area contributed by atoms with Crippen LogP contribution < -0.4 is 15.4 Å². The van der Waals surface area contributed by atoms with Crippen LogP contribution in [0.25, 0.3) is 11.1 Å². The predicted octanol–water partition coefficient (Wildman–Crippen LogP) is 3.79. The summed E-state index contributed by atoms with van der Waals surface area (Å²) in [5.41, 5.74) is 2.47. The number of ether oxygens (including phenoxy) is 1. The molecule has 0 saturated heterocycles. The lowest BCUT2D eigenvalue weighted by Crippen LogP contribution is -2.45. The number of benzene rings is 2. The van der Waals surface area contributed by atoms with Crippen LogP contribution in [0.4, 0.5) is 0 Å². The normalized spacial score (nSPS) is 11.7. The lowest BCUT2D eigenvalue weighted by Gasteiger charge is -2.17. The summed E-state index contributed by atoms with van der Waals surface area (Å²) in [5, 5.41) is 5.40. The highest BCUT2D eigenvalue weighted by Crippen LogP contribution is 2.30. The first-order chi connectivity index (χ1) is 13.0. The molecule has 0 aromatic heterocycles. The Bertz CT molecular complexity index is 769.